The van der Waals surface area contributed by atoms with Crippen LogP contribution in [-0.4, -0.2) is 19.5 Å². The fraction of sp³-hybridized carbons (Fsp3) is 0.259. The predicted molar refractivity (Wildman–Crippen MR) is 120 cm³/mol. The van der Waals surface area contributed by atoms with Crippen LogP contribution in [0.4, 0.5) is 17.6 Å². The van der Waals surface area contributed by atoms with Gasteiger partial charge in [-0.3, -0.25) is 0 Å². The molecule has 172 valence electrons. The first-order valence-corrected chi connectivity index (χ1v) is 10.9. The molecule has 3 aromatic rings. The number of aryl methyl sites for hydroxylation is 1. The van der Waals surface area contributed by atoms with E-state index < -0.39 is 35.5 Å². The standard InChI is InChI=1S/C27H24F4O2/c1-3-5-23-32-14-19(15-33-23)22-13-12-21(26(30)27(22)31)18-8-6-17(7-9-18)20-11-10-16(4-2)24(28)25(20)29/h3,5-13,19,23H,4,14-15H2,1-2H3/b5-3+. The monoisotopic (exact) mass is 456 g/mol. The van der Waals surface area contributed by atoms with E-state index in [1.54, 1.807) is 49.4 Å². The first-order valence-electron chi connectivity index (χ1n) is 10.9. The molecule has 0 bridgehead atoms. The van der Waals surface area contributed by atoms with Gasteiger partial charge in [-0.1, -0.05) is 61.5 Å². The Morgan fingerprint density at radius 1 is 0.758 bits per heavy atom. The van der Waals surface area contributed by atoms with Crippen LogP contribution in [0.5, 0.6) is 0 Å². The van der Waals surface area contributed by atoms with E-state index in [9.17, 15) is 17.6 Å². The number of halogens is 4. The van der Waals surface area contributed by atoms with E-state index in [0.717, 1.165) is 0 Å². The minimum absolute atomic E-state index is 0.0835. The molecular formula is C27H24F4O2. The van der Waals surface area contributed by atoms with Crippen molar-refractivity contribution in [3.63, 3.8) is 0 Å². The molecule has 0 N–H and O–H groups in total. The van der Waals surface area contributed by atoms with Gasteiger partial charge < -0.3 is 9.47 Å². The van der Waals surface area contributed by atoms with Crippen LogP contribution in [0.2, 0.25) is 0 Å². The molecule has 0 radical (unpaired) electrons. The number of hydrogen-bond donors (Lipinski definition) is 0. The van der Waals surface area contributed by atoms with Gasteiger partial charge in [0.05, 0.1) is 13.2 Å². The lowest BCUT2D eigenvalue weighted by Gasteiger charge is -2.28. The Bertz CT molecular complexity index is 1160. The van der Waals surface area contributed by atoms with Crippen molar-refractivity contribution < 1.29 is 27.0 Å². The van der Waals surface area contributed by atoms with Crippen molar-refractivity contribution in [2.75, 3.05) is 13.2 Å². The van der Waals surface area contributed by atoms with E-state index in [0.29, 0.717) is 23.1 Å². The molecule has 33 heavy (non-hydrogen) atoms. The van der Waals surface area contributed by atoms with Crippen molar-refractivity contribution in [3.05, 3.63) is 95.1 Å². The Labute approximate surface area is 190 Å². The van der Waals surface area contributed by atoms with Gasteiger partial charge in [0.25, 0.3) is 0 Å². The molecule has 1 heterocycles. The van der Waals surface area contributed by atoms with Crippen LogP contribution in [0.15, 0.2) is 60.7 Å². The Morgan fingerprint density at radius 3 is 1.85 bits per heavy atom. The Balaban J connectivity index is 1.58. The van der Waals surface area contributed by atoms with Gasteiger partial charge in [-0.15, -0.1) is 0 Å². The zero-order valence-corrected chi connectivity index (χ0v) is 18.4. The normalized spacial score (nSPS) is 18.7. The van der Waals surface area contributed by atoms with E-state index in [4.69, 9.17) is 9.47 Å². The van der Waals surface area contributed by atoms with Gasteiger partial charge in [-0.2, -0.15) is 0 Å². The summed E-state index contributed by atoms with van der Waals surface area (Å²) in [6, 6.07) is 12.4. The average Bonchev–Trinajstić information content (AvgIpc) is 2.84. The second-order valence-corrected chi connectivity index (χ2v) is 7.92. The smallest absolute Gasteiger partial charge is 0.176 e. The highest BCUT2D eigenvalue weighted by Gasteiger charge is 2.26. The summed E-state index contributed by atoms with van der Waals surface area (Å²) >= 11 is 0. The summed E-state index contributed by atoms with van der Waals surface area (Å²) in [6.07, 6.45) is 3.46. The molecule has 4 rings (SSSR count). The number of rotatable bonds is 5. The molecule has 3 aromatic carbocycles. The summed E-state index contributed by atoms with van der Waals surface area (Å²) < 4.78 is 69.5. The van der Waals surface area contributed by atoms with Gasteiger partial charge in [0.1, 0.15) is 0 Å². The van der Waals surface area contributed by atoms with Gasteiger partial charge in [-0.05, 0) is 41.7 Å². The fourth-order valence-corrected chi connectivity index (χ4v) is 3.98. The van der Waals surface area contributed by atoms with Crippen molar-refractivity contribution in [2.45, 2.75) is 32.5 Å². The summed E-state index contributed by atoms with van der Waals surface area (Å²) in [6.45, 7) is 4.03. The zero-order valence-electron chi connectivity index (χ0n) is 18.4. The number of allylic oxidation sites excluding steroid dienone is 1. The number of ether oxygens (including phenoxy) is 2. The Hall–Kier alpha value is -2.96. The maximum atomic E-state index is 14.9. The van der Waals surface area contributed by atoms with E-state index in [2.05, 4.69) is 0 Å². The maximum Gasteiger partial charge on any atom is 0.176 e. The summed E-state index contributed by atoms with van der Waals surface area (Å²) in [5.74, 6) is -4.11. The van der Waals surface area contributed by atoms with Crippen molar-refractivity contribution in [3.8, 4) is 22.3 Å². The van der Waals surface area contributed by atoms with Gasteiger partial charge in [0.2, 0.25) is 0 Å². The molecule has 0 unspecified atom stereocenters. The lowest BCUT2D eigenvalue weighted by molar-refractivity contribution is -0.159. The van der Waals surface area contributed by atoms with Crippen molar-refractivity contribution in [2.24, 2.45) is 0 Å². The molecule has 1 fully saturated rings. The van der Waals surface area contributed by atoms with Crippen LogP contribution in [0.25, 0.3) is 22.3 Å². The van der Waals surface area contributed by atoms with Crippen molar-refractivity contribution in [1.29, 1.82) is 0 Å². The van der Waals surface area contributed by atoms with Gasteiger partial charge in [-0.25, -0.2) is 17.6 Å². The zero-order chi connectivity index (χ0) is 23.5. The van der Waals surface area contributed by atoms with E-state index in [1.807, 2.05) is 6.92 Å². The summed E-state index contributed by atoms with van der Waals surface area (Å²) in [5.41, 5.74) is 1.57. The van der Waals surface area contributed by atoms with E-state index >= 15 is 0 Å². The first kappa shape index (κ1) is 23.2. The van der Waals surface area contributed by atoms with Gasteiger partial charge in [0.15, 0.2) is 29.6 Å². The van der Waals surface area contributed by atoms with Crippen LogP contribution in [-0.2, 0) is 15.9 Å². The van der Waals surface area contributed by atoms with Crippen molar-refractivity contribution in [1.82, 2.24) is 0 Å². The molecule has 0 saturated carbocycles. The topological polar surface area (TPSA) is 18.5 Å². The van der Waals surface area contributed by atoms with E-state index in [1.165, 1.54) is 18.2 Å². The third-order valence-electron chi connectivity index (χ3n) is 5.88. The molecule has 6 heteroatoms. The first-order chi connectivity index (χ1) is 15.9. The molecular weight excluding hydrogens is 432 g/mol. The largest absolute Gasteiger partial charge is 0.348 e. The fourth-order valence-electron chi connectivity index (χ4n) is 3.98. The molecule has 2 nitrogen and oxygen atoms in total. The molecule has 0 atom stereocenters. The van der Waals surface area contributed by atoms with Crippen LogP contribution < -0.4 is 0 Å². The summed E-state index contributed by atoms with van der Waals surface area (Å²) in [7, 11) is 0. The Kier molecular flexibility index (Phi) is 6.96. The molecule has 1 aliphatic rings. The second-order valence-electron chi connectivity index (χ2n) is 7.92. The van der Waals surface area contributed by atoms with Crippen LogP contribution in [0, 0.1) is 23.3 Å². The summed E-state index contributed by atoms with van der Waals surface area (Å²) in [5, 5.41) is 0. The lowest BCUT2D eigenvalue weighted by Crippen LogP contribution is -2.30. The highest BCUT2D eigenvalue weighted by Crippen LogP contribution is 2.33. The molecule has 1 aliphatic heterocycles. The lowest BCUT2D eigenvalue weighted by atomic mass is 9.94. The second kappa shape index (κ2) is 9.89. The van der Waals surface area contributed by atoms with Crippen LogP contribution in [0.3, 0.4) is 0 Å². The summed E-state index contributed by atoms with van der Waals surface area (Å²) in [4.78, 5) is 0. The SMILES string of the molecule is C/C=C/C1OCC(c2ccc(-c3ccc(-c4ccc(CC)c(F)c4F)cc3)c(F)c2F)CO1. The predicted octanol–water partition coefficient (Wildman–Crippen LogP) is 7.17. The third kappa shape index (κ3) is 4.59. The number of benzene rings is 3. The number of hydrogen-bond acceptors (Lipinski definition) is 2. The van der Waals surface area contributed by atoms with Crippen LogP contribution in [0.1, 0.15) is 30.9 Å². The minimum Gasteiger partial charge on any atom is -0.348 e. The Morgan fingerprint density at radius 2 is 1.30 bits per heavy atom. The third-order valence-corrected chi connectivity index (χ3v) is 5.88. The van der Waals surface area contributed by atoms with Crippen LogP contribution >= 0.6 is 0 Å². The maximum absolute atomic E-state index is 14.9. The van der Waals surface area contributed by atoms with Crippen molar-refractivity contribution >= 4 is 0 Å². The molecule has 1 saturated heterocycles. The average molecular weight is 456 g/mol. The quantitative estimate of drug-likeness (QED) is 0.299. The van der Waals surface area contributed by atoms with Gasteiger partial charge >= 0.3 is 0 Å². The molecule has 0 amide bonds. The molecule has 0 aliphatic carbocycles. The van der Waals surface area contributed by atoms with E-state index in [-0.39, 0.29) is 29.9 Å². The minimum atomic E-state index is -0.972. The highest BCUT2D eigenvalue weighted by atomic mass is 19.2. The molecule has 0 aromatic heterocycles. The molecule has 0 spiro atoms. The van der Waals surface area contributed by atoms with Gasteiger partial charge in [0, 0.05) is 17.0 Å². The highest BCUT2D eigenvalue weighted by molar-refractivity contribution is 5.71.